The fourth-order valence-corrected chi connectivity index (χ4v) is 3.54. The van der Waals surface area contributed by atoms with Gasteiger partial charge in [0.15, 0.2) is 11.6 Å². The standard InChI is InChI=1S/C27H23F2N3O/c1-18(7-6-12-30-2)20-13-22-21(16-32-27(22)31-15-20)14-23-24(28)10-11-25(26(23)29)33-17-19-8-4-3-5-9-19/h3-13,15-16H,2,14,17H2,1H3,(H,31,32)/b12-6-,18-7+. The molecule has 0 aliphatic carbocycles. The molecule has 2 aromatic heterocycles. The number of hydrogen-bond acceptors (Lipinski definition) is 3. The van der Waals surface area contributed by atoms with Gasteiger partial charge in [-0.15, -0.1) is 0 Å². The molecule has 4 aromatic rings. The van der Waals surface area contributed by atoms with E-state index in [0.717, 1.165) is 27.6 Å². The Morgan fingerprint density at radius 1 is 1.18 bits per heavy atom. The van der Waals surface area contributed by atoms with Gasteiger partial charge >= 0.3 is 0 Å². The number of benzene rings is 2. The van der Waals surface area contributed by atoms with Crippen LogP contribution in [-0.4, -0.2) is 16.7 Å². The number of aromatic amines is 1. The Morgan fingerprint density at radius 3 is 2.79 bits per heavy atom. The van der Waals surface area contributed by atoms with Crippen molar-refractivity contribution in [2.45, 2.75) is 20.0 Å². The molecule has 2 heterocycles. The lowest BCUT2D eigenvalue weighted by molar-refractivity contribution is 0.288. The summed E-state index contributed by atoms with van der Waals surface area (Å²) in [5, 5.41) is 0.806. The molecular weight excluding hydrogens is 420 g/mol. The van der Waals surface area contributed by atoms with Gasteiger partial charge in [-0.05, 0) is 60.2 Å². The van der Waals surface area contributed by atoms with Gasteiger partial charge in [0.2, 0.25) is 0 Å². The number of fused-ring (bicyclic) bond motifs is 1. The van der Waals surface area contributed by atoms with E-state index in [4.69, 9.17) is 4.74 Å². The molecule has 1 N–H and O–H groups in total. The number of halogens is 2. The van der Waals surface area contributed by atoms with Gasteiger partial charge in [0.1, 0.15) is 18.1 Å². The van der Waals surface area contributed by atoms with Crippen LogP contribution >= 0.6 is 0 Å². The van der Waals surface area contributed by atoms with Crippen LogP contribution in [0.5, 0.6) is 5.75 Å². The second-order valence-electron chi connectivity index (χ2n) is 7.60. The van der Waals surface area contributed by atoms with Crippen molar-refractivity contribution in [3.8, 4) is 5.75 Å². The minimum absolute atomic E-state index is 0.0234. The van der Waals surface area contributed by atoms with Crippen LogP contribution in [0.25, 0.3) is 16.6 Å². The summed E-state index contributed by atoms with van der Waals surface area (Å²) in [6.07, 6.45) is 8.83. The Labute approximate surface area is 191 Å². The van der Waals surface area contributed by atoms with Gasteiger partial charge in [0, 0.05) is 36.0 Å². The Kier molecular flexibility index (Phi) is 6.74. The third-order valence-electron chi connectivity index (χ3n) is 5.36. The average Bonchev–Trinajstić information content (AvgIpc) is 3.24. The predicted octanol–water partition coefficient (Wildman–Crippen LogP) is 6.63. The number of nitrogens with one attached hydrogen (secondary N) is 1. The summed E-state index contributed by atoms with van der Waals surface area (Å²) >= 11 is 0. The third-order valence-corrected chi connectivity index (χ3v) is 5.36. The summed E-state index contributed by atoms with van der Waals surface area (Å²) in [6.45, 7) is 5.56. The van der Waals surface area contributed by atoms with Gasteiger partial charge in [0.25, 0.3) is 0 Å². The number of ether oxygens (including phenoxy) is 1. The van der Waals surface area contributed by atoms with Crippen molar-refractivity contribution in [3.63, 3.8) is 0 Å². The van der Waals surface area contributed by atoms with E-state index in [1.807, 2.05) is 49.4 Å². The summed E-state index contributed by atoms with van der Waals surface area (Å²) in [5.41, 5.74) is 4.14. The fraction of sp³-hybridized carbons (Fsp3) is 0.111. The minimum atomic E-state index is -0.692. The van der Waals surface area contributed by atoms with Crippen LogP contribution in [0.3, 0.4) is 0 Å². The fourth-order valence-electron chi connectivity index (χ4n) is 3.54. The highest BCUT2D eigenvalue weighted by Crippen LogP contribution is 2.29. The van der Waals surface area contributed by atoms with Crippen LogP contribution in [-0.2, 0) is 13.0 Å². The number of hydrogen-bond donors (Lipinski definition) is 1. The van der Waals surface area contributed by atoms with Gasteiger partial charge in [0.05, 0.1) is 0 Å². The molecule has 166 valence electrons. The summed E-state index contributed by atoms with van der Waals surface area (Å²) in [6, 6.07) is 14.0. The van der Waals surface area contributed by atoms with Crippen molar-refractivity contribution < 1.29 is 13.5 Å². The quantitative estimate of drug-likeness (QED) is 0.245. The second kappa shape index (κ2) is 10.0. The van der Waals surface area contributed by atoms with E-state index in [1.54, 1.807) is 24.7 Å². The van der Waals surface area contributed by atoms with Gasteiger partial charge in [-0.2, -0.15) is 0 Å². The first-order valence-electron chi connectivity index (χ1n) is 10.5. The Bertz CT molecular complexity index is 1340. The van der Waals surface area contributed by atoms with Crippen molar-refractivity contribution in [1.29, 1.82) is 0 Å². The maximum Gasteiger partial charge on any atom is 0.171 e. The van der Waals surface area contributed by atoms with Crippen LogP contribution in [0.1, 0.15) is 29.2 Å². The molecule has 0 aliphatic heterocycles. The van der Waals surface area contributed by atoms with E-state index in [2.05, 4.69) is 21.7 Å². The van der Waals surface area contributed by atoms with Gasteiger partial charge < -0.3 is 9.72 Å². The molecule has 0 saturated heterocycles. The summed E-state index contributed by atoms with van der Waals surface area (Å²) in [5.74, 6) is -1.28. The normalized spacial score (nSPS) is 11.9. The van der Waals surface area contributed by atoms with Gasteiger partial charge in [-0.3, -0.25) is 4.99 Å². The van der Waals surface area contributed by atoms with Gasteiger partial charge in [-0.25, -0.2) is 13.8 Å². The highest BCUT2D eigenvalue weighted by Gasteiger charge is 2.18. The van der Waals surface area contributed by atoms with E-state index < -0.39 is 11.6 Å². The molecular formula is C27H23F2N3O. The number of aromatic nitrogens is 2. The minimum Gasteiger partial charge on any atom is -0.486 e. The zero-order chi connectivity index (χ0) is 23.2. The van der Waals surface area contributed by atoms with Crippen molar-refractivity contribution in [1.82, 2.24) is 9.97 Å². The smallest absolute Gasteiger partial charge is 0.171 e. The molecule has 2 aromatic carbocycles. The van der Waals surface area contributed by atoms with Crippen LogP contribution < -0.4 is 4.74 Å². The number of allylic oxidation sites excluding steroid dienone is 3. The van der Waals surface area contributed by atoms with Crippen molar-refractivity contribution in [2.24, 2.45) is 4.99 Å². The molecule has 0 amide bonds. The van der Waals surface area contributed by atoms with Crippen molar-refractivity contribution in [2.75, 3.05) is 0 Å². The Morgan fingerprint density at radius 2 is 2.00 bits per heavy atom. The second-order valence-corrected chi connectivity index (χ2v) is 7.60. The zero-order valence-electron chi connectivity index (χ0n) is 18.2. The summed E-state index contributed by atoms with van der Waals surface area (Å²) < 4.78 is 35.4. The van der Waals surface area contributed by atoms with E-state index in [0.29, 0.717) is 5.65 Å². The molecule has 0 spiro atoms. The maximum atomic E-state index is 15.2. The highest BCUT2D eigenvalue weighted by atomic mass is 19.1. The number of rotatable bonds is 8. The number of H-pyrrole nitrogens is 1. The van der Waals surface area contributed by atoms with Crippen LogP contribution in [0.4, 0.5) is 8.78 Å². The Balaban J connectivity index is 1.62. The maximum absolute atomic E-state index is 15.2. The van der Waals surface area contributed by atoms with E-state index in [1.165, 1.54) is 12.1 Å². The highest BCUT2D eigenvalue weighted by molar-refractivity contribution is 5.84. The molecule has 0 bridgehead atoms. The SMILES string of the molecule is C=N/C=C\C=C(/C)c1cnc2[nH]cc(Cc3c(F)ccc(OCc4ccccc4)c3F)c2c1. The number of aliphatic imine (C=N–C) groups is 1. The number of pyridine rings is 1. The topological polar surface area (TPSA) is 50.3 Å². The van der Waals surface area contributed by atoms with Crippen molar-refractivity contribution in [3.05, 3.63) is 113 Å². The summed E-state index contributed by atoms with van der Waals surface area (Å²) in [7, 11) is 0. The first kappa shape index (κ1) is 22.1. The lowest BCUT2D eigenvalue weighted by Crippen LogP contribution is -2.03. The monoisotopic (exact) mass is 443 g/mol. The van der Waals surface area contributed by atoms with Crippen LogP contribution in [0.2, 0.25) is 0 Å². The van der Waals surface area contributed by atoms with Crippen LogP contribution in [0, 0.1) is 11.6 Å². The number of nitrogens with zero attached hydrogens (tertiary/aromatic N) is 2. The molecule has 0 radical (unpaired) electrons. The molecule has 6 heteroatoms. The summed E-state index contributed by atoms with van der Waals surface area (Å²) in [4.78, 5) is 11.2. The molecule has 33 heavy (non-hydrogen) atoms. The lowest BCUT2D eigenvalue weighted by atomic mass is 10.0. The molecule has 0 fully saturated rings. The third kappa shape index (κ3) is 5.06. The largest absolute Gasteiger partial charge is 0.486 e. The van der Waals surface area contributed by atoms with E-state index in [-0.39, 0.29) is 24.3 Å². The zero-order valence-corrected chi connectivity index (χ0v) is 18.2. The lowest BCUT2D eigenvalue weighted by Gasteiger charge is -2.11. The molecule has 4 nitrogen and oxygen atoms in total. The molecule has 0 atom stereocenters. The first-order chi connectivity index (χ1) is 16.1. The molecule has 0 unspecified atom stereocenters. The van der Waals surface area contributed by atoms with Crippen molar-refractivity contribution >= 4 is 23.3 Å². The molecule has 0 aliphatic rings. The van der Waals surface area contributed by atoms with E-state index >= 15 is 4.39 Å². The van der Waals surface area contributed by atoms with Gasteiger partial charge in [-0.1, -0.05) is 36.4 Å². The molecule has 0 saturated carbocycles. The first-order valence-corrected chi connectivity index (χ1v) is 10.5. The predicted molar refractivity (Wildman–Crippen MR) is 128 cm³/mol. The van der Waals surface area contributed by atoms with Crippen LogP contribution in [0.15, 0.2) is 84.3 Å². The average molecular weight is 443 g/mol. The Hall–Kier alpha value is -4.06. The van der Waals surface area contributed by atoms with E-state index in [9.17, 15) is 4.39 Å². The molecule has 4 rings (SSSR count).